The Morgan fingerprint density at radius 1 is 0.889 bits per heavy atom. The molecule has 0 unspecified atom stereocenters. The molecule has 8 heteroatoms. The molecule has 0 spiro atoms. The van der Waals surface area contributed by atoms with E-state index in [-0.39, 0.29) is 4.90 Å². The topological polar surface area (TPSA) is 109 Å². The van der Waals surface area contributed by atoms with E-state index in [1.807, 2.05) is 6.92 Å². The molecule has 0 heterocycles. The smallest absolute Gasteiger partial charge is 0.286 e. The molecule has 0 saturated carbocycles. The summed E-state index contributed by atoms with van der Waals surface area (Å²) in [6.07, 6.45) is 0.715. The number of aryl methyl sites for hydroxylation is 3. The van der Waals surface area contributed by atoms with Crippen molar-refractivity contribution >= 4 is 20.2 Å². The maximum atomic E-state index is 10.9. The second-order valence-corrected chi connectivity index (χ2v) is 6.76. The predicted octanol–water partition coefficient (Wildman–Crippen LogP) is 1.36. The van der Waals surface area contributed by atoms with Gasteiger partial charge in [-0.1, -0.05) is 17.7 Å². The largest absolute Gasteiger partial charge is 0.295 e. The molecule has 1 rings (SSSR count). The van der Waals surface area contributed by atoms with Gasteiger partial charge in [0.1, 0.15) is 0 Å². The highest BCUT2D eigenvalue weighted by molar-refractivity contribution is 7.86. The summed E-state index contributed by atoms with van der Waals surface area (Å²) >= 11 is 0. The van der Waals surface area contributed by atoms with Crippen molar-refractivity contribution in [1.82, 2.24) is 0 Å². The van der Waals surface area contributed by atoms with Crippen molar-refractivity contribution in [3.05, 3.63) is 28.8 Å². The van der Waals surface area contributed by atoms with E-state index < -0.39 is 20.2 Å². The van der Waals surface area contributed by atoms with Crippen LogP contribution in [0.15, 0.2) is 17.0 Å². The molecule has 0 fully saturated rings. The summed E-state index contributed by atoms with van der Waals surface area (Å²) in [5.74, 6) is 0. The van der Waals surface area contributed by atoms with Gasteiger partial charge in [-0.05, 0) is 31.9 Å². The van der Waals surface area contributed by atoms with E-state index in [1.165, 1.54) is 0 Å². The minimum atomic E-state index is -4.08. The standard InChI is InChI=1S/C9H12O3S.CH4O3S/c1-6-4-7(2)9(8(3)5-6)13(10,11)12;1-5(2,3)4/h4-5H,1-3H3,(H,10,11,12);1H3,(H,2,3,4). The van der Waals surface area contributed by atoms with Gasteiger partial charge in [0, 0.05) is 0 Å². The highest BCUT2D eigenvalue weighted by Gasteiger charge is 2.15. The number of rotatable bonds is 1. The molecule has 1 aromatic carbocycles. The molecule has 104 valence electrons. The van der Waals surface area contributed by atoms with E-state index >= 15 is 0 Å². The maximum absolute atomic E-state index is 10.9. The minimum Gasteiger partial charge on any atom is -0.286 e. The lowest BCUT2D eigenvalue weighted by atomic mass is 10.1. The first-order valence-corrected chi connectivity index (χ1v) is 8.09. The van der Waals surface area contributed by atoms with Crippen molar-refractivity contribution in [3.8, 4) is 0 Å². The monoisotopic (exact) mass is 296 g/mol. The first-order chi connectivity index (χ1) is 7.82. The molecular formula is C10H16O6S2. The molecule has 2 N–H and O–H groups in total. The Kier molecular flexibility index (Phi) is 5.48. The Morgan fingerprint density at radius 2 is 1.17 bits per heavy atom. The fourth-order valence-corrected chi connectivity index (χ4v) is 2.51. The quantitative estimate of drug-likeness (QED) is 0.757. The Labute approximate surface area is 107 Å². The van der Waals surface area contributed by atoms with Crippen LogP contribution in [0.3, 0.4) is 0 Å². The zero-order chi connectivity index (χ0) is 14.7. The normalized spacial score (nSPS) is 11.7. The Morgan fingerprint density at radius 3 is 1.39 bits per heavy atom. The maximum Gasteiger partial charge on any atom is 0.295 e. The van der Waals surface area contributed by atoms with Crippen molar-refractivity contribution < 1.29 is 25.9 Å². The molecule has 18 heavy (non-hydrogen) atoms. The van der Waals surface area contributed by atoms with E-state index in [9.17, 15) is 16.8 Å². The van der Waals surface area contributed by atoms with Crippen LogP contribution < -0.4 is 0 Å². The lowest BCUT2D eigenvalue weighted by molar-refractivity contribution is 0.481. The second-order valence-electron chi connectivity index (χ2n) is 3.94. The van der Waals surface area contributed by atoms with Crippen LogP contribution in [0, 0.1) is 20.8 Å². The van der Waals surface area contributed by atoms with Gasteiger partial charge in [0.2, 0.25) is 0 Å². The number of benzene rings is 1. The molecule has 0 atom stereocenters. The van der Waals surface area contributed by atoms with Gasteiger partial charge in [-0.25, -0.2) is 0 Å². The summed E-state index contributed by atoms with van der Waals surface area (Å²) in [7, 11) is -7.75. The number of hydrogen-bond acceptors (Lipinski definition) is 4. The second kappa shape index (κ2) is 5.79. The van der Waals surface area contributed by atoms with Crippen molar-refractivity contribution in [2.45, 2.75) is 25.7 Å². The zero-order valence-electron chi connectivity index (χ0n) is 10.5. The molecule has 0 bridgehead atoms. The SMILES string of the molecule is CS(=O)(=O)O.Cc1cc(C)c(S(=O)(=O)O)c(C)c1. The highest BCUT2D eigenvalue weighted by Crippen LogP contribution is 2.20. The molecule has 0 aliphatic heterocycles. The van der Waals surface area contributed by atoms with Crippen LogP contribution in [0.1, 0.15) is 16.7 Å². The van der Waals surface area contributed by atoms with Gasteiger partial charge >= 0.3 is 0 Å². The van der Waals surface area contributed by atoms with Gasteiger partial charge in [-0.2, -0.15) is 16.8 Å². The first-order valence-electron chi connectivity index (χ1n) is 4.80. The zero-order valence-corrected chi connectivity index (χ0v) is 12.1. The molecule has 0 aliphatic rings. The molecule has 0 aromatic heterocycles. The molecule has 1 aromatic rings. The van der Waals surface area contributed by atoms with Gasteiger partial charge < -0.3 is 0 Å². The molecule has 0 amide bonds. The summed E-state index contributed by atoms with van der Waals surface area (Å²) in [6.45, 7) is 5.22. The average Bonchev–Trinajstić information content (AvgIpc) is 1.93. The van der Waals surface area contributed by atoms with Gasteiger partial charge in [0.15, 0.2) is 0 Å². The molecule has 0 aliphatic carbocycles. The summed E-state index contributed by atoms with van der Waals surface area (Å²) in [4.78, 5) is 0.0260. The lowest BCUT2D eigenvalue weighted by Gasteiger charge is -2.07. The predicted molar refractivity (Wildman–Crippen MR) is 67.9 cm³/mol. The van der Waals surface area contributed by atoms with Gasteiger partial charge in [0.05, 0.1) is 11.2 Å². The lowest BCUT2D eigenvalue weighted by Crippen LogP contribution is -2.04. The molecule has 6 nitrogen and oxygen atoms in total. The minimum absolute atomic E-state index is 0.0260. The van der Waals surface area contributed by atoms with Crippen LogP contribution in [0.5, 0.6) is 0 Å². The summed E-state index contributed by atoms with van der Waals surface area (Å²) < 4.78 is 56.7. The van der Waals surface area contributed by atoms with E-state index in [4.69, 9.17) is 9.11 Å². The van der Waals surface area contributed by atoms with Crippen LogP contribution in [0.25, 0.3) is 0 Å². The Bertz CT molecular complexity index is 597. The molecule has 0 radical (unpaired) electrons. The molecular weight excluding hydrogens is 280 g/mol. The van der Waals surface area contributed by atoms with E-state index in [0.717, 1.165) is 5.56 Å². The van der Waals surface area contributed by atoms with Crippen LogP contribution >= 0.6 is 0 Å². The average molecular weight is 296 g/mol. The van der Waals surface area contributed by atoms with E-state index in [2.05, 4.69) is 0 Å². The van der Waals surface area contributed by atoms with Crippen LogP contribution in [-0.2, 0) is 20.2 Å². The Balaban J connectivity index is 0.000000494. The van der Waals surface area contributed by atoms with E-state index in [0.29, 0.717) is 17.4 Å². The van der Waals surface area contributed by atoms with E-state index in [1.54, 1.807) is 26.0 Å². The van der Waals surface area contributed by atoms with Crippen molar-refractivity contribution in [2.75, 3.05) is 6.26 Å². The molecule has 0 saturated heterocycles. The van der Waals surface area contributed by atoms with Crippen molar-refractivity contribution in [1.29, 1.82) is 0 Å². The summed E-state index contributed by atoms with van der Waals surface area (Å²) in [6, 6.07) is 3.46. The Hall–Kier alpha value is -0.960. The highest BCUT2D eigenvalue weighted by atomic mass is 32.2. The summed E-state index contributed by atoms with van der Waals surface area (Å²) in [5, 5.41) is 0. The third-order valence-electron chi connectivity index (χ3n) is 1.86. The first kappa shape index (κ1) is 17.0. The van der Waals surface area contributed by atoms with Crippen molar-refractivity contribution in [3.63, 3.8) is 0 Å². The van der Waals surface area contributed by atoms with Crippen LogP contribution in [-0.4, -0.2) is 32.2 Å². The van der Waals surface area contributed by atoms with Crippen LogP contribution in [0.4, 0.5) is 0 Å². The van der Waals surface area contributed by atoms with Gasteiger partial charge in [0.25, 0.3) is 20.2 Å². The fraction of sp³-hybridized carbons (Fsp3) is 0.400. The van der Waals surface area contributed by atoms with Gasteiger partial charge in [-0.3, -0.25) is 9.11 Å². The fourth-order valence-electron chi connectivity index (χ4n) is 1.57. The third-order valence-corrected chi connectivity index (χ3v) is 3.02. The van der Waals surface area contributed by atoms with Crippen LogP contribution in [0.2, 0.25) is 0 Å². The number of hydrogen-bond donors (Lipinski definition) is 2. The summed E-state index contributed by atoms with van der Waals surface area (Å²) in [5.41, 5.74) is 2.16. The van der Waals surface area contributed by atoms with Crippen molar-refractivity contribution in [2.24, 2.45) is 0 Å². The third kappa shape index (κ3) is 6.70. The van der Waals surface area contributed by atoms with Gasteiger partial charge in [-0.15, -0.1) is 0 Å².